The number of thiophene rings is 1. The zero-order valence-electron chi connectivity index (χ0n) is 12.7. The van der Waals surface area contributed by atoms with Crippen LogP contribution in [-0.2, 0) is 0 Å². The molecule has 116 valence electrons. The van der Waals surface area contributed by atoms with Crippen LogP contribution in [-0.4, -0.2) is 17.1 Å². The fourth-order valence-corrected chi connectivity index (χ4v) is 3.78. The van der Waals surface area contributed by atoms with Crippen molar-refractivity contribution in [2.45, 2.75) is 13.8 Å². The van der Waals surface area contributed by atoms with E-state index >= 15 is 0 Å². The molecule has 0 saturated heterocycles. The van der Waals surface area contributed by atoms with Crippen molar-refractivity contribution in [2.75, 3.05) is 0 Å². The molecule has 23 heavy (non-hydrogen) atoms. The van der Waals surface area contributed by atoms with E-state index in [2.05, 4.69) is 15.5 Å². The highest BCUT2D eigenvalue weighted by Crippen LogP contribution is 2.27. The second-order valence-corrected chi connectivity index (χ2v) is 6.91. The van der Waals surface area contributed by atoms with Crippen LogP contribution < -0.4 is 5.43 Å². The van der Waals surface area contributed by atoms with Gasteiger partial charge in [-0.15, -0.1) is 22.7 Å². The van der Waals surface area contributed by atoms with Gasteiger partial charge in [-0.3, -0.25) is 4.79 Å². The Labute approximate surface area is 142 Å². The molecule has 0 radical (unpaired) electrons. The van der Waals surface area contributed by atoms with Crippen LogP contribution in [0.4, 0.5) is 0 Å². The normalized spacial score (nSPS) is 11.0. The molecule has 2 heterocycles. The van der Waals surface area contributed by atoms with Gasteiger partial charge in [0.05, 0.1) is 11.9 Å². The van der Waals surface area contributed by atoms with Crippen molar-refractivity contribution in [3.63, 3.8) is 0 Å². The molecule has 0 fully saturated rings. The number of aryl methyl sites for hydroxylation is 2. The van der Waals surface area contributed by atoms with Crippen LogP contribution in [0.2, 0.25) is 0 Å². The number of nitrogens with zero attached hydrogens (tertiary/aromatic N) is 2. The molecule has 3 aromatic rings. The van der Waals surface area contributed by atoms with Crippen LogP contribution in [0.3, 0.4) is 0 Å². The summed E-state index contributed by atoms with van der Waals surface area (Å²) in [4.78, 5) is 18.4. The third-order valence-electron chi connectivity index (χ3n) is 3.27. The molecule has 0 unspecified atom stereocenters. The first-order valence-electron chi connectivity index (χ1n) is 7.05. The second-order valence-electron chi connectivity index (χ2n) is 4.97. The van der Waals surface area contributed by atoms with Gasteiger partial charge in [-0.1, -0.05) is 30.3 Å². The van der Waals surface area contributed by atoms with Crippen LogP contribution in [0.25, 0.3) is 10.6 Å². The summed E-state index contributed by atoms with van der Waals surface area (Å²) in [6.07, 6.45) is 1.67. The maximum Gasteiger partial charge on any atom is 0.283 e. The monoisotopic (exact) mass is 341 g/mol. The zero-order chi connectivity index (χ0) is 16.2. The summed E-state index contributed by atoms with van der Waals surface area (Å²) in [6, 6.07) is 11.9. The van der Waals surface area contributed by atoms with E-state index in [1.165, 1.54) is 11.3 Å². The fraction of sp³-hybridized carbons (Fsp3) is 0.118. The Hall–Kier alpha value is -2.31. The van der Waals surface area contributed by atoms with Gasteiger partial charge in [0.25, 0.3) is 5.91 Å². The number of hydrazone groups is 1. The highest BCUT2D eigenvalue weighted by atomic mass is 32.1. The SMILES string of the molecule is Cc1ccsc1/C=N/NC(=O)c1sc(-c2ccccc2)nc1C. The molecule has 6 heteroatoms. The summed E-state index contributed by atoms with van der Waals surface area (Å²) < 4.78 is 0. The van der Waals surface area contributed by atoms with E-state index in [1.807, 2.05) is 55.6 Å². The van der Waals surface area contributed by atoms with E-state index < -0.39 is 0 Å². The minimum Gasteiger partial charge on any atom is -0.266 e. The molecule has 0 aliphatic rings. The highest BCUT2D eigenvalue weighted by Gasteiger charge is 2.15. The summed E-state index contributed by atoms with van der Waals surface area (Å²) in [5.74, 6) is -0.229. The smallest absolute Gasteiger partial charge is 0.266 e. The first-order valence-corrected chi connectivity index (χ1v) is 8.75. The van der Waals surface area contributed by atoms with Crippen molar-refractivity contribution in [2.24, 2.45) is 5.10 Å². The molecule has 0 atom stereocenters. The minimum absolute atomic E-state index is 0.229. The van der Waals surface area contributed by atoms with Crippen LogP contribution in [0.15, 0.2) is 46.9 Å². The molecule has 2 aromatic heterocycles. The Morgan fingerprint density at radius 1 is 1.22 bits per heavy atom. The number of hydrogen-bond donors (Lipinski definition) is 1. The van der Waals surface area contributed by atoms with E-state index in [-0.39, 0.29) is 5.91 Å². The number of benzene rings is 1. The third-order valence-corrected chi connectivity index (χ3v) is 5.43. The van der Waals surface area contributed by atoms with E-state index in [0.29, 0.717) is 10.6 Å². The molecule has 0 aliphatic heterocycles. The Morgan fingerprint density at radius 2 is 2.00 bits per heavy atom. The summed E-state index contributed by atoms with van der Waals surface area (Å²) in [5, 5.41) is 6.88. The summed E-state index contributed by atoms with van der Waals surface area (Å²) >= 11 is 2.97. The van der Waals surface area contributed by atoms with Gasteiger partial charge in [-0.25, -0.2) is 10.4 Å². The molecular formula is C17H15N3OS2. The minimum atomic E-state index is -0.229. The topological polar surface area (TPSA) is 54.4 Å². The van der Waals surface area contributed by atoms with Gasteiger partial charge in [0, 0.05) is 10.4 Å². The Bertz CT molecular complexity index is 850. The Kier molecular flexibility index (Phi) is 4.64. The number of carbonyl (C=O) groups excluding carboxylic acids is 1. The number of aromatic nitrogens is 1. The number of nitrogens with one attached hydrogen (secondary N) is 1. The van der Waals surface area contributed by atoms with Gasteiger partial charge in [0.2, 0.25) is 0 Å². The number of thiazole rings is 1. The fourth-order valence-electron chi connectivity index (χ4n) is 2.03. The number of amides is 1. The molecule has 0 saturated carbocycles. The lowest BCUT2D eigenvalue weighted by Crippen LogP contribution is -2.17. The van der Waals surface area contributed by atoms with E-state index in [4.69, 9.17) is 0 Å². The van der Waals surface area contributed by atoms with Gasteiger partial charge in [0.1, 0.15) is 9.88 Å². The third kappa shape index (κ3) is 3.55. The lowest BCUT2D eigenvalue weighted by atomic mass is 10.2. The molecule has 1 aromatic carbocycles. The largest absolute Gasteiger partial charge is 0.283 e. The lowest BCUT2D eigenvalue weighted by molar-refractivity contribution is 0.0958. The predicted molar refractivity (Wildman–Crippen MR) is 96.4 cm³/mol. The van der Waals surface area contributed by atoms with Crippen molar-refractivity contribution in [3.8, 4) is 10.6 Å². The molecule has 0 bridgehead atoms. The first-order chi connectivity index (χ1) is 11.1. The summed E-state index contributed by atoms with van der Waals surface area (Å²) in [7, 11) is 0. The van der Waals surface area contributed by atoms with E-state index in [0.717, 1.165) is 21.0 Å². The molecule has 1 N–H and O–H groups in total. The Morgan fingerprint density at radius 3 is 2.70 bits per heavy atom. The second kappa shape index (κ2) is 6.85. The first kappa shape index (κ1) is 15.6. The van der Waals surface area contributed by atoms with Crippen molar-refractivity contribution < 1.29 is 4.79 Å². The van der Waals surface area contributed by atoms with Gasteiger partial charge in [-0.2, -0.15) is 5.10 Å². The van der Waals surface area contributed by atoms with Crippen LogP contribution in [0.5, 0.6) is 0 Å². The number of rotatable bonds is 4. The van der Waals surface area contributed by atoms with Crippen molar-refractivity contribution >= 4 is 34.8 Å². The van der Waals surface area contributed by atoms with Gasteiger partial charge >= 0.3 is 0 Å². The average Bonchev–Trinajstić information content (AvgIpc) is 3.14. The van der Waals surface area contributed by atoms with E-state index in [1.54, 1.807) is 17.6 Å². The van der Waals surface area contributed by atoms with Gasteiger partial charge < -0.3 is 0 Å². The molecule has 3 rings (SSSR count). The molecule has 0 spiro atoms. The van der Waals surface area contributed by atoms with Crippen molar-refractivity contribution in [1.29, 1.82) is 0 Å². The lowest BCUT2D eigenvalue weighted by Gasteiger charge is -1.96. The molecule has 1 amide bonds. The van der Waals surface area contributed by atoms with E-state index in [9.17, 15) is 4.79 Å². The molecular weight excluding hydrogens is 326 g/mol. The number of hydrogen-bond acceptors (Lipinski definition) is 5. The zero-order valence-corrected chi connectivity index (χ0v) is 14.4. The highest BCUT2D eigenvalue weighted by molar-refractivity contribution is 7.17. The van der Waals surface area contributed by atoms with Crippen molar-refractivity contribution in [3.05, 3.63) is 62.8 Å². The van der Waals surface area contributed by atoms with Crippen molar-refractivity contribution in [1.82, 2.24) is 10.4 Å². The number of carbonyl (C=O) groups is 1. The van der Waals surface area contributed by atoms with Gasteiger partial charge in [-0.05, 0) is 30.9 Å². The standard InChI is InChI=1S/C17H15N3OS2/c1-11-8-9-22-14(11)10-18-20-16(21)15-12(2)19-17(23-15)13-6-4-3-5-7-13/h3-10H,1-2H3,(H,20,21)/b18-10+. The van der Waals surface area contributed by atoms with Gasteiger partial charge in [0.15, 0.2) is 0 Å². The maximum atomic E-state index is 12.3. The molecule has 4 nitrogen and oxygen atoms in total. The maximum absolute atomic E-state index is 12.3. The summed E-state index contributed by atoms with van der Waals surface area (Å²) in [6.45, 7) is 3.85. The van der Waals surface area contributed by atoms with Crippen LogP contribution >= 0.6 is 22.7 Å². The van der Waals surface area contributed by atoms with Crippen LogP contribution in [0, 0.1) is 13.8 Å². The van der Waals surface area contributed by atoms with Crippen LogP contribution in [0.1, 0.15) is 25.8 Å². The summed E-state index contributed by atoms with van der Waals surface area (Å²) in [5.41, 5.74) is 5.45. The predicted octanol–water partition coefficient (Wildman–Crippen LogP) is 4.25. The quantitative estimate of drug-likeness (QED) is 0.570. The molecule has 0 aliphatic carbocycles. The Balaban J connectivity index is 1.74. The average molecular weight is 341 g/mol.